The van der Waals surface area contributed by atoms with E-state index >= 15 is 0 Å². The standard InChI is InChI=1S/C14H21N5O/c20-14(17-13-3-5-15-11-16-13)19-8-4-12(10-19)9-18-6-1-2-7-18/h3,5,11-12H,1-2,4,6-10H2,(H,15,16,17,20)/t12-/m0/s1. The van der Waals surface area contributed by atoms with Gasteiger partial charge in [-0.2, -0.15) is 0 Å². The van der Waals surface area contributed by atoms with Gasteiger partial charge < -0.3 is 9.80 Å². The SMILES string of the molecule is O=C(Nc1ccncn1)N1CC[C@@H](CN2CCCC2)C1. The topological polar surface area (TPSA) is 61.4 Å². The number of aromatic nitrogens is 2. The van der Waals surface area contributed by atoms with Gasteiger partial charge >= 0.3 is 6.03 Å². The Kier molecular flexibility index (Phi) is 4.11. The highest BCUT2D eigenvalue weighted by Gasteiger charge is 2.28. The molecular formula is C14H21N5O. The summed E-state index contributed by atoms with van der Waals surface area (Å²) in [5.74, 6) is 1.18. The summed E-state index contributed by atoms with van der Waals surface area (Å²) in [5, 5.41) is 2.82. The first-order chi connectivity index (χ1) is 9.81. The Morgan fingerprint density at radius 2 is 2.20 bits per heavy atom. The monoisotopic (exact) mass is 275 g/mol. The van der Waals surface area contributed by atoms with Crippen molar-refractivity contribution in [3.05, 3.63) is 18.6 Å². The first-order valence-electron chi connectivity index (χ1n) is 7.35. The van der Waals surface area contributed by atoms with Crippen LogP contribution in [0, 0.1) is 5.92 Å². The Bertz CT molecular complexity index is 446. The third-order valence-corrected chi connectivity index (χ3v) is 4.11. The van der Waals surface area contributed by atoms with Gasteiger partial charge in [0.1, 0.15) is 12.1 Å². The predicted octanol–water partition coefficient (Wildman–Crippen LogP) is 1.43. The molecule has 6 nitrogen and oxygen atoms in total. The number of carbonyl (C=O) groups excluding carboxylic acids is 1. The minimum absolute atomic E-state index is 0.0485. The summed E-state index contributed by atoms with van der Waals surface area (Å²) in [6, 6.07) is 1.66. The maximum absolute atomic E-state index is 12.1. The number of nitrogens with zero attached hydrogens (tertiary/aromatic N) is 4. The molecule has 3 heterocycles. The molecule has 0 bridgehead atoms. The fourth-order valence-electron chi connectivity index (χ4n) is 3.05. The van der Waals surface area contributed by atoms with Crippen molar-refractivity contribution in [1.29, 1.82) is 0 Å². The lowest BCUT2D eigenvalue weighted by molar-refractivity contribution is 0.217. The van der Waals surface area contributed by atoms with E-state index in [2.05, 4.69) is 20.2 Å². The van der Waals surface area contributed by atoms with Crippen LogP contribution in [0.15, 0.2) is 18.6 Å². The van der Waals surface area contributed by atoms with Gasteiger partial charge in [-0.1, -0.05) is 0 Å². The van der Waals surface area contributed by atoms with E-state index in [0.717, 1.165) is 26.1 Å². The molecule has 3 rings (SSSR count). The van der Waals surface area contributed by atoms with Gasteiger partial charge in [-0.25, -0.2) is 14.8 Å². The largest absolute Gasteiger partial charge is 0.324 e. The van der Waals surface area contributed by atoms with Crippen LogP contribution in [0.3, 0.4) is 0 Å². The second kappa shape index (κ2) is 6.17. The molecule has 0 unspecified atom stereocenters. The zero-order chi connectivity index (χ0) is 13.8. The predicted molar refractivity (Wildman–Crippen MR) is 76.4 cm³/mol. The van der Waals surface area contributed by atoms with E-state index in [9.17, 15) is 4.79 Å². The smallest absolute Gasteiger partial charge is 0.323 e. The van der Waals surface area contributed by atoms with Crippen LogP contribution in [0.5, 0.6) is 0 Å². The molecule has 1 N–H and O–H groups in total. The van der Waals surface area contributed by atoms with Gasteiger partial charge in [0, 0.05) is 25.8 Å². The highest BCUT2D eigenvalue weighted by molar-refractivity contribution is 5.88. The number of amides is 2. The quantitative estimate of drug-likeness (QED) is 0.906. The van der Waals surface area contributed by atoms with Crippen LogP contribution in [-0.2, 0) is 0 Å². The Balaban J connectivity index is 1.47. The summed E-state index contributed by atoms with van der Waals surface area (Å²) in [5.41, 5.74) is 0. The van der Waals surface area contributed by atoms with E-state index in [4.69, 9.17) is 0 Å². The average Bonchev–Trinajstić information content (AvgIpc) is 3.12. The van der Waals surface area contributed by atoms with Crippen LogP contribution in [0.4, 0.5) is 10.6 Å². The van der Waals surface area contributed by atoms with Gasteiger partial charge in [0.05, 0.1) is 0 Å². The minimum Gasteiger partial charge on any atom is -0.324 e. The van der Waals surface area contributed by atoms with Crippen LogP contribution >= 0.6 is 0 Å². The molecule has 2 aliphatic heterocycles. The number of anilines is 1. The number of urea groups is 1. The van der Waals surface area contributed by atoms with Crippen LogP contribution < -0.4 is 5.32 Å². The fourth-order valence-corrected chi connectivity index (χ4v) is 3.05. The Hall–Kier alpha value is -1.69. The lowest BCUT2D eigenvalue weighted by atomic mass is 10.1. The van der Waals surface area contributed by atoms with E-state index in [-0.39, 0.29) is 6.03 Å². The highest BCUT2D eigenvalue weighted by atomic mass is 16.2. The summed E-state index contributed by atoms with van der Waals surface area (Å²) in [6.07, 6.45) is 6.82. The van der Waals surface area contributed by atoms with Crippen molar-refractivity contribution in [3.8, 4) is 0 Å². The number of likely N-dealkylation sites (tertiary alicyclic amines) is 2. The molecule has 1 atom stereocenters. The van der Waals surface area contributed by atoms with Crippen LogP contribution in [0.1, 0.15) is 19.3 Å². The first-order valence-corrected chi connectivity index (χ1v) is 7.35. The molecular weight excluding hydrogens is 254 g/mol. The normalized spacial score (nSPS) is 23.2. The Morgan fingerprint density at radius 1 is 1.35 bits per heavy atom. The molecule has 20 heavy (non-hydrogen) atoms. The van der Waals surface area contributed by atoms with Gasteiger partial charge in [-0.05, 0) is 44.3 Å². The van der Waals surface area contributed by atoms with Gasteiger partial charge in [-0.15, -0.1) is 0 Å². The van der Waals surface area contributed by atoms with Crippen molar-refractivity contribution in [2.45, 2.75) is 19.3 Å². The van der Waals surface area contributed by atoms with Crippen LogP contribution in [0.2, 0.25) is 0 Å². The number of carbonyl (C=O) groups is 1. The average molecular weight is 275 g/mol. The van der Waals surface area contributed by atoms with E-state index in [0.29, 0.717) is 11.7 Å². The van der Waals surface area contributed by atoms with E-state index in [1.54, 1.807) is 12.3 Å². The van der Waals surface area contributed by atoms with Crippen molar-refractivity contribution < 1.29 is 4.79 Å². The zero-order valence-electron chi connectivity index (χ0n) is 11.7. The van der Waals surface area contributed by atoms with Gasteiger partial charge in [0.15, 0.2) is 0 Å². The molecule has 2 aliphatic rings. The summed E-state index contributed by atoms with van der Waals surface area (Å²) in [4.78, 5) is 24.4. The molecule has 0 aromatic carbocycles. The number of nitrogens with one attached hydrogen (secondary N) is 1. The van der Waals surface area contributed by atoms with E-state index in [1.165, 1.54) is 32.3 Å². The third kappa shape index (κ3) is 3.25. The summed E-state index contributed by atoms with van der Waals surface area (Å²) in [7, 11) is 0. The molecule has 0 aliphatic carbocycles. The lowest BCUT2D eigenvalue weighted by Gasteiger charge is -2.20. The molecule has 6 heteroatoms. The fraction of sp³-hybridized carbons (Fsp3) is 0.643. The number of rotatable bonds is 3. The molecule has 2 saturated heterocycles. The second-order valence-electron chi connectivity index (χ2n) is 5.63. The minimum atomic E-state index is -0.0485. The Labute approximate surface area is 119 Å². The molecule has 2 fully saturated rings. The molecule has 0 spiro atoms. The lowest BCUT2D eigenvalue weighted by Crippen LogP contribution is -2.35. The molecule has 108 valence electrons. The van der Waals surface area contributed by atoms with Gasteiger partial charge in [-0.3, -0.25) is 5.32 Å². The Morgan fingerprint density at radius 3 is 2.95 bits per heavy atom. The summed E-state index contributed by atoms with van der Waals surface area (Å²) < 4.78 is 0. The molecule has 1 aromatic rings. The van der Waals surface area contributed by atoms with Crippen LogP contribution in [-0.4, -0.2) is 58.5 Å². The zero-order valence-corrected chi connectivity index (χ0v) is 11.7. The van der Waals surface area contributed by atoms with Crippen LogP contribution in [0.25, 0.3) is 0 Å². The maximum atomic E-state index is 12.1. The van der Waals surface area contributed by atoms with Crippen molar-refractivity contribution in [1.82, 2.24) is 19.8 Å². The summed E-state index contributed by atoms with van der Waals surface area (Å²) in [6.45, 7) is 5.29. The third-order valence-electron chi connectivity index (χ3n) is 4.11. The van der Waals surface area contributed by atoms with E-state index in [1.807, 2.05) is 4.90 Å². The molecule has 1 aromatic heterocycles. The molecule has 0 radical (unpaired) electrons. The van der Waals surface area contributed by atoms with Gasteiger partial charge in [0.2, 0.25) is 0 Å². The van der Waals surface area contributed by atoms with Gasteiger partial charge in [0.25, 0.3) is 0 Å². The number of hydrogen-bond donors (Lipinski definition) is 1. The molecule has 0 saturated carbocycles. The number of hydrogen-bond acceptors (Lipinski definition) is 4. The van der Waals surface area contributed by atoms with Crippen molar-refractivity contribution in [2.75, 3.05) is 38.0 Å². The van der Waals surface area contributed by atoms with Crippen molar-refractivity contribution in [2.24, 2.45) is 5.92 Å². The highest BCUT2D eigenvalue weighted by Crippen LogP contribution is 2.20. The molecule has 2 amide bonds. The first kappa shape index (κ1) is 13.3. The van der Waals surface area contributed by atoms with Crippen molar-refractivity contribution in [3.63, 3.8) is 0 Å². The summed E-state index contributed by atoms with van der Waals surface area (Å²) >= 11 is 0. The second-order valence-corrected chi connectivity index (χ2v) is 5.63. The van der Waals surface area contributed by atoms with Crippen molar-refractivity contribution >= 4 is 11.8 Å². The maximum Gasteiger partial charge on any atom is 0.323 e. The van der Waals surface area contributed by atoms with E-state index < -0.39 is 0 Å².